The zero-order chi connectivity index (χ0) is 34.6. The summed E-state index contributed by atoms with van der Waals surface area (Å²) < 4.78 is 43.0. The van der Waals surface area contributed by atoms with Crippen LogP contribution in [0.5, 0.6) is 0 Å². The highest BCUT2D eigenvalue weighted by Gasteiger charge is 2.64. The Balaban J connectivity index is 1.27. The van der Waals surface area contributed by atoms with Gasteiger partial charge in [0.1, 0.15) is 6.61 Å². The Kier molecular flexibility index (Phi) is 8.15. The molecule has 0 radical (unpaired) electrons. The predicted molar refractivity (Wildman–Crippen MR) is 161 cm³/mol. The molecule has 0 aliphatic heterocycles. The molecule has 1 amide bonds. The number of aromatic nitrogens is 1. The van der Waals surface area contributed by atoms with Gasteiger partial charge in [-0.25, -0.2) is 4.98 Å². The Morgan fingerprint density at radius 1 is 1.35 bits per heavy atom. The van der Waals surface area contributed by atoms with Gasteiger partial charge in [0.2, 0.25) is 0 Å². The maximum absolute atomic E-state index is 13.6. The first kappa shape index (κ1) is 27.0. The number of pyridine rings is 1. The fourth-order valence-corrected chi connectivity index (χ4v) is 9.42. The van der Waals surface area contributed by atoms with Crippen molar-refractivity contribution < 1.29 is 39.7 Å². The Morgan fingerprint density at radius 2 is 2.14 bits per heavy atom. The SMILES string of the molecule is [2H]C1([2H])[C@]2(CO)[C@@H](C(=O)COCCSSc3ncc(C(=O)NC)cc3[N+](=O)[O-])CC[C@H]2[C@@H]2CCC3=CC(=O)CC[C@]3(C)[C@@]2([2H])[C@@]1([2H])O. The highest BCUT2D eigenvalue weighted by molar-refractivity contribution is 8.76. The quantitative estimate of drug-likeness (QED) is 0.140. The molecule has 0 spiro atoms. The Bertz CT molecular complexity index is 1520. The third-order valence-electron chi connectivity index (χ3n) is 9.61. The minimum absolute atomic E-state index is 0.0505. The molecule has 43 heavy (non-hydrogen) atoms. The van der Waals surface area contributed by atoms with Crippen LogP contribution in [-0.2, 0) is 14.3 Å². The van der Waals surface area contributed by atoms with Gasteiger partial charge in [-0.15, -0.1) is 0 Å². The second kappa shape index (κ2) is 13.0. The summed E-state index contributed by atoms with van der Waals surface area (Å²) in [5.41, 5.74) is -2.56. The van der Waals surface area contributed by atoms with Crippen LogP contribution < -0.4 is 5.32 Å². The number of aliphatic hydroxyl groups is 2. The summed E-state index contributed by atoms with van der Waals surface area (Å²) in [6, 6.07) is 1.14. The van der Waals surface area contributed by atoms with Crippen LogP contribution in [0.25, 0.3) is 0 Å². The van der Waals surface area contributed by atoms with Gasteiger partial charge >= 0.3 is 5.69 Å². The summed E-state index contributed by atoms with van der Waals surface area (Å²) in [6.45, 7) is 0.612. The van der Waals surface area contributed by atoms with Crippen LogP contribution in [0.15, 0.2) is 28.9 Å². The van der Waals surface area contributed by atoms with E-state index in [2.05, 4.69) is 10.3 Å². The fraction of sp³-hybridized carbons (Fsp3) is 0.667. The minimum Gasteiger partial charge on any atom is -0.396 e. The number of allylic oxidation sites excluding steroid dienone is 1. The van der Waals surface area contributed by atoms with Crippen LogP contribution in [-0.4, -0.2) is 76.3 Å². The molecule has 11 nitrogen and oxygen atoms in total. The number of fused-ring (bicyclic) bond motifs is 5. The number of carbonyl (C=O) groups is 3. The molecule has 1 heterocycles. The molecule has 3 saturated carbocycles. The third kappa shape index (κ3) is 5.90. The maximum Gasteiger partial charge on any atom is 0.303 e. The van der Waals surface area contributed by atoms with Crippen LogP contribution in [0.3, 0.4) is 0 Å². The Morgan fingerprint density at radius 3 is 2.86 bits per heavy atom. The zero-order valence-electron chi connectivity index (χ0n) is 28.1. The van der Waals surface area contributed by atoms with Crippen molar-refractivity contribution in [2.45, 2.75) is 62.9 Å². The van der Waals surface area contributed by atoms with Gasteiger partial charge in [0.25, 0.3) is 5.91 Å². The lowest BCUT2D eigenvalue weighted by molar-refractivity contribution is -0.388. The molecule has 7 atom stereocenters. The number of ketones is 2. The smallest absolute Gasteiger partial charge is 0.303 e. The average molecular weight is 638 g/mol. The number of hydrogen-bond acceptors (Lipinski definition) is 11. The summed E-state index contributed by atoms with van der Waals surface area (Å²) >= 11 is 0. The molecule has 0 bridgehead atoms. The average Bonchev–Trinajstić information content (AvgIpc) is 3.43. The number of ether oxygens (including phenoxy) is 1. The monoisotopic (exact) mass is 637 g/mol. The lowest BCUT2D eigenvalue weighted by Gasteiger charge is -2.60. The Hall–Kier alpha value is -2.32. The number of carbonyl (C=O) groups excluding carboxylic acids is 3. The van der Waals surface area contributed by atoms with Crippen molar-refractivity contribution in [3.63, 3.8) is 0 Å². The molecule has 0 unspecified atom stereocenters. The van der Waals surface area contributed by atoms with Crippen LogP contribution in [0, 0.1) is 44.6 Å². The van der Waals surface area contributed by atoms with E-state index in [-0.39, 0.29) is 47.9 Å². The third-order valence-corrected chi connectivity index (χ3v) is 11.9. The van der Waals surface area contributed by atoms with Crippen molar-refractivity contribution in [2.24, 2.45) is 34.5 Å². The first-order valence-corrected chi connectivity index (χ1v) is 16.7. The number of nitrogens with one attached hydrogen (secondary N) is 1. The maximum atomic E-state index is 13.6. The van der Waals surface area contributed by atoms with E-state index in [1.165, 1.54) is 30.1 Å². The number of amides is 1. The van der Waals surface area contributed by atoms with Crippen molar-refractivity contribution in [1.29, 1.82) is 0 Å². The van der Waals surface area contributed by atoms with Crippen LogP contribution >= 0.6 is 21.6 Å². The fourth-order valence-electron chi connectivity index (χ4n) is 7.55. The molecular formula is C30H39N3O8S2. The largest absolute Gasteiger partial charge is 0.396 e. The number of nitro groups is 1. The molecule has 13 heteroatoms. The molecule has 5 rings (SSSR count). The highest BCUT2D eigenvalue weighted by atomic mass is 33.1. The molecule has 3 N–H and O–H groups in total. The first-order valence-electron chi connectivity index (χ1n) is 16.4. The van der Waals surface area contributed by atoms with Crippen molar-refractivity contribution in [1.82, 2.24) is 10.3 Å². The number of hydrogen-bond donors (Lipinski definition) is 3. The van der Waals surface area contributed by atoms with Gasteiger partial charge in [-0.2, -0.15) is 0 Å². The summed E-state index contributed by atoms with van der Waals surface area (Å²) in [5.74, 6) is -5.17. The number of rotatable bonds is 11. The number of aliphatic hydroxyl groups excluding tert-OH is 1. The van der Waals surface area contributed by atoms with E-state index in [9.17, 15) is 40.2 Å². The van der Waals surface area contributed by atoms with E-state index in [4.69, 9.17) is 4.74 Å². The lowest BCUT2D eigenvalue weighted by Crippen LogP contribution is -2.59. The molecule has 1 aromatic rings. The normalized spacial score (nSPS) is 39.1. The van der Waals surface area contributed by atoms with Crippen LogP contribution in [0.4, 0.5) is 5.69 Å². The van der Waals surface area contributed by atoms with Gasteiger partial charge in [-0.1, -0.05) is 23.3 Å². The zero-order valence-corrected chi connectivity index (χ0v) is 25.7. The molecule has 1 aromatic heterocycles. The van der Waals surface area contributed by atoms with Gasteiger partial charge in [0.05, 0.1) is 24.5 Å². The van der Waals surface area contributed by atoms with Gasteiger partial charge < -0.3 is 20.3 Å². The summed E-state index contributed by atoms with van der Waals surface area (Å²) in [5, 5.41) is 36.8. The second-order valence-electron chi connectivity index (χ2n) is 11.7. The van der Waals surface area contributed by atoms with E-state index in [1.54, 1.807) is 6.92 Å². The highest BCUT2D eigenvalue weighted by Crippen LogP contribution is 2.66. The summed E-state index contributed by atoms with van der Waals surface area (Å²) in [6.07, 6.45) is -1.46. The van der Waals surface area contributed by atoms with E-state index >= 15 is 0 Å². The number of nitrogens with zero attached hydrogens (tertiary/aromatic N) is 2. The standard InChI is InChI=1S/C30H39N3O8S2/c1-29-8-7-19(35)12-18(29)3-4-20-21-5-6-22(30(21,16-34)13-24(36)26(20)29)25(37)15-41-9-10-42-43-28-23(33(39)40)11-17(14-32-28)27(38)31-2/h11-12,14,20-22,24,26,34,36H,3-10,13,15-16H2,1-2H3,(H,31,38)/t20-,21-,22+,24-,26+,29-,30+/m0/s1/i13D2,24D,26D. The van der Waals surface area contributed by atoms with Gasteiger partial charge in [0, 0.05) is 53.5 Å². The van der Waals surface area contributed by atoms with Crippen LogP contribution in [0.2, 0.25) is 0 Å². The lowest BCUT2D eigenvalue weighted by atomic mass is 9.45. The molecule has 234 valence electrons. The van der Waals surface area contributed by atoms with Crippen molar-refractivity contribution in [3.05, 3.63) is 39.6 Å². The predicted octanol–water partition coefficient (Wildman–Crippen LogP) is 3.77. The first-order chi connectivity index (χ1) is 22.0. The van der Waals surface area contributed by atoms with E-state index < -0.39 is 76.8 Å². The van der Waals surface area contributed by atoms with Crippen molar-refractivity contribution in [3.8, 4) is 0 Å². The minimum atomic E-state index is -3.01. The molecule has 0 saturated heterocycles. The topological polar surface area (TPSA) is 169 Å². The van der Waals surface area contributed by atoms with Crippen molar-refractivity contribution in [2.75, 3.05) is 32.6 Å². The molecule has 0 aromatic carbocycles. The van der Waals surface area contributed by atoms with E-state index in [0.29, 0.717) is 30.6 Å². The Labute approximate surface area is 264 Å². The molecule has 3 fully saturated rings. The number of Topliss-reactive ketones (excluding diaryl/α,β-unsaturated/α-hetero) is 1. The summed E-state index contributed by atoms with van der Waals surface area (Å²) in [4.78, 5) is 52.6. The van der Waals surface area contributed by atoms with E-state index in [1.807, 2.05) is 0 Å². The van der Waals surface area contributed by atoms with Crippen molar-refractivity contribution >= 4 is 44.7 Å². The van der Waals surface area contributed by atoms with Crippen LogP contribution in [0.1, 0.15) is 67.7 Å². The molecular weight excluding hydrogens is 594 g/mol. The second-order valence-corrected chi connectivity index (χ2v) is 14.1. The molecule has 4 aliphatic carbocycles. The molecule has 4 aliphatic rings. The van der Waals surface area contributed by atoms with Gasteiger partial charge in [-0.05, 0) is 78.5 Å². The van der Waals surface area contributed by atoms with Gasteiger partial charge in [-0.3, -0.25) is 24.5 Å². The van der Waals surface area contributed by atoms with Gasteiger partial charge in [0.15, 0.2) is 16.6 Å². The van der Waals surface area contributed by atoms with E-state index in [0.717, 1.165) is 16.9 Å². The summed E-state index contributed by atoms with van der Waals surface area (Å²) in [7, 11) is 3.61.